The summed E-state index contributed by atoms with van der Waals surface area (Å²) in [5, 5.41) is 10.9. The zero-order chi connectivity index (χ0) is 23.3. The number of aliphatic imine (C=N–C) groups is 1. The summed E-state index contributed by atoms with van der Waals surface area (Å²) < 4.78 is 1.95. The molecule has 0 aliphatic rings. The highest BCUT2D eigenvalue weighted by Crippen LogP contribution is 2.17. The van der Waals surface area contributed by atoms with Gasteiger partial charge in [-0.3, -0.25) is 14.8 Å². The summed E-state index contributed by atoms with van der Waals surface area (Å²) in [6, 6.07) is 11.9. The highest BCUT2D eigenvalue weighted by Gasteiger charge is 2.12. The lowest BCUT2D eigenvalue weighted by Gasteiger charge is -2.15. The SMILES string of the molecule is CCCn1cc(CN=C(NC(=O)c2ccc(C)c(C)c2)Nc2cc(C)ccc2C)c(C)n1. The van der Waals surface area contributed by atoms with E-state index in [9.17, 15) is 4.79 Å². The Bertz CT molecular complexity index is 1140. The minimum atomic E-state index is -0.192. The number of benzene rings is 2. The Morgan fingerprint density at radius 3 is 2.47 bits per heavy atom. The molecule has 3 aromatic rings. The van der Waals surface area contributed by atoms with E-state index in [1.165, 1.54) is 0 Å². The number of carbonyl (C=O) groups is 1. The predicted octanol–water partition coefficient (Wildman–Crippen LogP) is 5.23. The molecule has 6 nitrogen and oxygen atoms in total. The van der Waals surface area contributed by atoms with Gasteiger partial charge in [0.2, 0.25) is 5.96 Å². The van der Waals surface area contributed by atoms with Crippen molar-refractivity contribution in [2.24, 2.45) is 4.99 Å². The van der Waals surface area contributed by atoms with Crippen molar-refractivity contribution in [2.45, 2.75) is 61.1 Å². The molecular weight excluding hydrogens is 398 g/mol. The molecule has 2 aromatic carbocycles. The van der Waals surface area contributed by atoms with E-state index in [1.54, 1.807) is 0 Å². The molecule has 0 saturated carbocycles. The van der Waals surface area contributed by atoms with Crippen LogP contribution in [0.5, 0.6) is 0 Å². The number of carbonyl (C=O) groups excluding carboxylic acids is 1. The van der Waals surface area contributed by atoms with E-state index in [0.717, 1.165) is 52.2 Å². The van der Waals surface area contributed by atoms with Gasteiger partial charge >= 0.3 is 0 Å². The van der Waals surface area contributed by atoms with Crippen LogP contribution in [0, 0.1) is 34.6 Å². The second-order valence-corrected chi connectivity index (χ2v) is 8.36. The van der Waals surface area contributed by atoms with Gasteiger partial charge in [0.05, 0.1) is 12.2 Å². The Balaban J connectivity index is 1.87. The Kier molecular flexibility index (Phi) is 7.46. The first-order valence-corrected chi connectivity index (χ1v) is 11.1. The van der Waals surface area contributed by atoms with E-state index in [2.05, 4.69) is 40.9 Å². The standard InChI is InChI=1S/C26H33N5O/c1-7-12-31-16-23(21(6)30-31)15-27-26(28-24-13-17(2)8-9-19(24)4)29-25(32)22-11-10-18(3)20(5)14-22/h8-11,13-14,16H,7,12,15H2,1-6H3,(H2,27,28,29,32). The van der Waals surface area contributed by atoms with Crippen LogP contribution in [0.15, 0.2) is 47.6 Å². The van der Waals surface area contributed by atoms with Crippen LogP contribution >= 0.6 is 0 Å². The second-order valence-electron chi connectivity index (χ2n) is 8.36. The first-order chi connectivity index (χ1) is 15.3. The van der Waals surface area contributed by atoms with Crippen LogP contribution in [-0.2, 0) is 13.1 Å². The topological polar surface area (TPSA) is 71.3 Å². The zero-order valence-electron chi connectivity index (χ0n) is 19.9. The van der Waals surface area contributed by atoms with Crippen molar-refractivity contribution in [1.29, 1.82) is 0 Å². The van der Waals surface area contributed by atoms with Gasteiger partial charge in [0.25, 0.3) is 5.91 Å². The molecular formula is C26H33N5O. The maximum atomic E-state index is 13.0. The molecule has 1 heterocycles. The van der Waals surface area contributed by atoms with E-state index in [4.69, 9.17) is 4.99 Å². The summed E-state index contributed by atoms with van der Waals surface area (Å²) in [4.78, 5) is 17.7. The third-order valence-electron chi connectivity index (χ3n) is 5.56. The normalized spacial score (nSPS) is 11.5. The number of nitrogens with zero attached hydrogens (tertiary/aromatic N) is 3. The van der Waals surface area contributed by atoms with Gasteiger partial charge < -0.3 is 5.32 Å². The molecule has 0 unspecified atom stereocenters. The molecule has 0 saturated heterocycles. The Hall–Kier alpha value is -3.41. The number of hydrogen-bond donors (Lipinski definition) is 2. The molecule has 0 atom stereocenters. The summed E-state index contributed by atoms with van der Waals surface area (Å²) in [6.07, 6.45) is 3.05. The number of rotatable bonds is 6. The van der Waals surface area contributed by atoms with Crippen LogP contribution in [-0.4, -0.2) is 21.6 Å². The number of anilines is 1. The van der Waals surface area contributed by atoms with E-state index >= 15 is 0 Å². The highest BCUT2D eigenvalue weighted by atomic mass is 16.1. The third-order valence-corrected chi connectivity index (χ3v) is 5.56. The maximum Gasteiger partial charge on any atom is 0.257 e. The first kappa shape index (κ1) is 23.3. The number of guanidine groups is 1. The number of hydrogen-bond acceptors (Lipinski definition) is 3. The number of aryl methyl sites for hydroxylation is 6. The molecule has 0 fully saturated rings. The van der Waals surface area contributed by atoms with Crippen LogP contribution in [0.2, 0.25) is 0 Å². The Morgan fingerprint density at radius 2 is 1.75 bits per heavy atom. The second kappa shape index (κ2) is 10.3. The molecule has 2 N–H and O–H groups in total. The molecule has 1 amide bonds. The fourth-order valence-electron chi connectivity index (χ4n) is 3.39. The van der Waals surface area contributed by atoms with Gasteiger partial charge in [0.15, 0.2) is 0 Å². The first-order valence-electron chi connectivity index (χ1n) is 11.1. The van der Waals surface area contributed by atoms with Gasteiger partial charge in [-0.25, -0.2) is 4.99 Å². The largest absolute Gasteiger partial charge is 0.326 e. The quantitative estimate of drug-likeness (QED) is 0.414. The fourth-order valence-corrected chi connectivity index (χ4v) is 3.39. The zero-order valence-corrected chi connectivity index (χ0v) is 19.9. The minimum absolute atomic E-state index is 0.192. The van der Waals surface area contributed by atoms with Crippen molar-refractivity contribution >= 4 is 17.6 Å². The molecule has 0 radical (unpaired) electrons. The van der Waals surface area contributed by atoms with Gasteiger partial charge in [-0.05, 0) is 81.5 Å². The summed E-state index contributed by atoms with van der Waals surface area (Å²) in [5.41, 5.74) is 7.97. The van der Waals surface area contributed by atoms with E-state index < -0.39 is 0 Å². The van der Waals surface area contributed by atoms with Gasteiger partial charge in [-0.1, -0.05) is 25.1 Å². The maximum absolute atomic E-state index is 13.0. The monoisotopic (exact) mass is 431 g/mol. The Morgan fingerprint density at radius 1 is 1.00 bits per heavy atom. The molecule has 0 aliphatic carbocycles. The highest BCUT2D eigenvalue weighted by molar-refractivity contribution is 6.10. The lowest BCUT2D eigenvalue weighted by molar-refractivity contribution is 0.0977. The summed E-state index contributed by atoms with van der Waals surface area (Å²) in [5.74, 6) is 0.229. The molecule has 32 heavy (non-hydrogen) atoms. The van der Waals surface area contributed by atoms with Crippen LogP contribution in [0.25, 0.3) is 0 Å². The van der Waals surface area contributed by atoms with Gasteiger partial charge in [-0.15, -0.1) is 0 Å². The van der Waals surface area contributed by atoms with Crippen molar-refractivity contribution in [3.05, 3.63) is 81.7 Å². The van der Waals surface area contributed by atoms with Crippen molar-refractivity contribution in [3.63, 3.8) is 0 Å². The van der Waals surface area contributed by atoms with Crippen LogP contribution < -0.4 is 10.6 Å². The molecule has 0 spiro atoms. The van der Waals surface area contributed by atoms with Crippen molar-refractivity contribution in [3.8, 4) is 0 Å². The van der Waals surface area contributed by atoms with Crippen molar-refractivity contribution < 1.29 is 4.79 Å². The molecule has 0 bridgehead atoms. The molecule has 0 aliphatic heterocycles. The molecule has 168 valence electrons. The van der Waals surface area contributed by atoms with E-state index in [0.29, 0.717) is 18.1 Å². The van der Waals surface area contributed by atoms with E-state index in [1.807, 2.05) is 63.7 Å². The fraction of sp³-hybridized carbons (Fsp3) is 0.346. The number of nitrogens with one attached hydrogen (secondary N) is 2. The summed E-state index contributed by atoms with van der Waals surface area (Å²) in [7, 11) is 0. The molecule has 3 rings (SSSR count). The lowest BCUT2D eigenvalue weighted by Crippen LogP contribution is -2.36. The van der Waals surface area contributed by atoms with Crippen molar-refractivity contribution in [1.82, 2.24) is 15.1 Å². The van der Waals surface area contributed by atoms with Gasteiger partial charge in [0, 0.05) is 29.6 Å². The summed E-state index contributed by atoms with van der Waals surface area (Å²) >= 11 is 0. The van der Waals surface area contributed by atoms with Crippen LogP contribution in [0.1, 0.15) is 57.2 Å². The van der Waals surface area contributed by atoms with Crippen molar-refractivity contribution in [2.75, 3.05) is 5.32 Å². The summed E-state index contributed by atoms with van der Waals surface area (Å²) in [6.45, 7) is 13.5. The predicted molar refractivity (Wildman–Crippen MR) is 131 cm³/mol. The van der Waals surface area contributed by atoms with Crippen LogP contribution in [0.4, 0.5) is 5.69 Å². The molecule has 6 heteroatoms. The van der Waals surface area contributed by atoms with E-state index in [-0.39, 0.29) is 5.91 Å². The average molecular weight is 432 g/mol. The Labute approximate surface area is 190 Å². The minimum Gasteiger partial charge on any atom is -0.326 e. The smallest absolute Gasteiger partial charge is 0.257 e. The van der Waals surface area contributed by atoms with Gasteiger partial charge in [0.1, 0.15) is 0 Å². The van der Waals surface area contributed by atoms with Crippen LogP contribution in [0.3, 0.4) is 0 Å². The number of aromatic nitrogens is 2. The third kappa shape index (κ3) is 5.84. The average Bonchev–Trinajstić information content (AvgIpc) is 3.10. The van der Waals surface area contributed by atoms with Gasteiger partial charge in [-0.2, -0.15) is 5.10 Å². The molecule has 1 aromatic heterocycles. The number of amides is 1. The lowest BCUT2D eigenvalue weighted by atomic mass is 10.1.